The van der Waals surface area contributed by atoms with Crippen molar-refractivity contribution in [3.8, 4) is 0 Å². The number of thiophene rings is 1. The van der Waals surface area contributed by atoms with E-state index in [-0.39, 0.29) is 47.1 Å². The van der Waals surface area contributed by atoms with Gasteiger partial charge in [0.05, 0.1) is 12.2 Å². The highest BCUT2D eigenvalue weighted by molar-refractivity contribution is 7.91. The Labute approximate surface area is 248 Å². The van der Waals surface area contributed by atoms with Gasteiger partial charge >= 0.3 is 0 Å². The molecule has 220 valence electrons. The number of thiazole rings is 1. The van der Waals surface area contributed by atoms with Gasteiger partial charge in [-0.05, 0) is 36.7 Å². The summed E-state index contributed by atoms with van der Waals surface area (Å²) in [7, 11) is -2.01. The monoisotopic (exact) mass is 629 g/mol. The molecule has 2 aliphatic heterocycles. The van der Waals surface area contributed by atoms with E-state index in [1.807, 2.05) is 7.05 Å². The van der Waals surface area contributed by atoms with Crippen molar-refractivity contribution >= 4 is 60.4 Å². The van der Waals surface area contributed by atoms with Gasteiger partial charge in [0, 0.05) is 54.3 Å². The molecule has 5 heterocycles. The average molecular weight is 630 g/mol. The summed E-state index contributed by atoms with van der Waals surface area (Å²) in [5.74, 6) is -0.825. The van der Waals surface area contributed by atoms with Crippen LogP contribution in [0.1, 0.15) is 31.8 Å². The first-order valence-electron chi connectivity index (χ1n) is 13.0. The number of rotatable bonds is 7. The SMILES string of the molecule is CN1CCc2nc(C(=O)N3CCN(S(=O)(=O)c4cc5cc(C(=N)N)ccc5s4)CC3C(=O)NCc3nn[nH]n3)sc2C1. The number of H-pyrrole nitrogens is 1. The number of nitrogen functional groups attached to an aromatic ring is 1. The average Bonchev–Trinajstić information content (AvgIpc) is 3.74. The Bertz CT molecular complexity index is 1780. The molecule has 42 heavy (non-hydrogen) atoms. The largest absolute Gasteiger partial charge is 0.384 e. The summed E-state index contributed by atoms with van der Waals surface area (Å²) in [5, 5.41) is 24.8. The molecular weight excluding hydrogens is 603 g/mol. The van der Waals surface area contributed by atoms with Crippen molar-refractivity contribution in [1.29, 1.82) is 5.41 Å². The molecule has 4 aromatic rings. The fourth-order valence-corrected chi connectivity index (χ4v) is 9.08. The number of hydrogen-bond donors (Lipinski definition) is 4. The molecule has 3 aromatic heterocycles. The van der Waals surface area contributed by atoms with Crippen LogP contribution >= 0.6 is 22.7 Å². The molecule has 1 saturated heterocycles. The van der Waals surface area contributed by atoms with Gasteiger partial charge in [-0.2, -0.15) is 9.52 Å². The number of nitrogens with one attached hydrogen (secondary N) is 3. The van der Waals surface area contributed by atoms with Gasteiger partial charge in [0.1, 0.15) is 16.1 Å². The number of amidine groups is 1. The van der Waals surface area contributed by atoms with Crippen LogP contribution in [-0.2, 0) is 34.3 Å². The van der Waals surface area contributed by atoms with Crippen molar-refractivity contribution in [2.24, 2.45) is 5.73 Å². The molecule has 0 radical (unpaired) electrons. The van der Waals surface area contributed by atoms with Gasteiger partial charge in [0.15, 0.2) is 10.8 Å². The van der Waals surface area contributed by atoms with Crippen molar-refractivity contribution in [2.45, 2.75) is 29.8 Å². The van der Waals surface area contributed by atoms with Crippen LogP contribution in [0.5, 0.6) is 0 Å². The van der Waals surface area contributed by atoms with E-state index in [2.05, 4.69) is 35.8 Å². The Morgan fingerprint density at radius 2 is 2.05 bits per heavy atom. The van der Waals surface area contributed by atoms with Crippen LogP contribution in [0.15, 0.2) is 28.5 Å². The first-order chi connectivity index (χ1) is 20.1. The minimum absolute atomic E-state index is 0.00187. The lowest BCUT2D eigenvalue weighted by Gasteiger charge is -2.39. The topological polar surface area (TPSA) is 207 Å². The fraction of sp³-hybridized carbons (Fsp3) is 0.375. The van der Waals surface area contributed by atoms with E-state index in [1.54, 1.807) is 24.3 Å². The molecule has 0 saturated carbocycles. The van der Waals surface area contributed by atoms with Crippen LogP contribution in [0.25, 0.3) is 10.1 Å². The van der Waals surface area contributed by atoms with E-state index >= 15 is 0 Å². The van der Waals surface area contributed by atoms with Crippen molar-refractivity contribution in [3.63, 3.8) is 0 Å². The Kier molecular flexibility index (Phi) is 7.48. The third-order valence-corrected chi connectivity index (χ3v) is 11.7. The number of aromatic amines is 1. The molecule has 0 aliphatic carbocycles. The van der Waals surface area contributed by atoms with Crippen LogP contribution in [0.3, 0.4) is 0 Å². The predicted molar refractivity (Wildman–Crippen MR) is 155 cm³/mol. The number of carbonyl (C=O) groups excluding carboxylic acids is 2. The lowest BCUT2D eigenvalue weighted by molar-refractivity contribution is -0.127. The minimum Gasteiger partial charge on any atom is -0.384 e. The van der Waals surface area contributed by atoms with Crippen LogP contribution in [-0.4, -0.2) is 105 Å². The molecule has 1 fully saturated rings. The summed E-state index contributed by atoms with van der Waals surface area (Å²) in [6, 6.07) is 5.49. The second-order valence-electron chi connectivity index (χ2n) is 10.0. The van der Waals surface area contributed by atoms with E-state index < -0.39 is 27.9 Å². The smallest absolute Gasteiger partial charge is 0.283 e. The molecule has 18 heteroatoms. The van der Waals surface area contributed by atoms with Gasteiger partial charge in [-0.25, -0.2) is 13.4 Å². The fourth-order valence-electron chi connectivity index (χ4n) is 4.96. The van der Waals surface area contributed by atoms with Crippen LogP contribution < -0.4 is 11.1 Å². The number of amides is 2. The first-order valence-corrected chi connectivity index (χ1v) is 16.0. The molecule has 0 spiro atoms. The molecule has 0 bridgehead atoms. The standard InChI is InChI=1S/C24H27N11O4S3/c1-33-5-4-15-18(12-33)41-23(28-15)24(37)35-7-6-34(11-16(35)22(36)27-10-19-29-31-32-30-19)42(38,39)20-9-14-8-13(21(25)26)2-3-17(14)40-20/h2-3,8-9,16H,4-7,10-12H2,1H3,(H3,25,26)(H,27,36)(H,29,30,31,32). The zero-order chi connectivity index (χ0) is 29.6. The molecular formula is C24H27N11O4S3. The van der Waals surface area contributed by atoms with Crippen molar-refractivity contribution in [3.05, 3.63) is 51.2 Å². The maximum Gasteiger partial charge on any atom is 0.283 e. The molecule has 1 unspecified atom stereocenters. The number of nitrogens with two attached hydrogens (primary N) is 1. The summed E-state index contributed by atoms with van der Waals surface area (Å²) in [6.45, 7) is 1.26. The highest BCUT2D eigenvalue weighted by atomic mass is 32.2. The number of fused-ring (bicyclic) bond motifs is 2. The molecule has 1 atom stereocenters. The lowest BCUT2D eigenvalue weighted by atomic mass is 10.1. The Balaban J connectivity index is 1.27. The molecule has 15 nitrogen and oxygen atoms in total. The van der Waals surface area contributed by atoms with Gasteiger partial charge in [0.25, 0.3) is 15.9 Å². The second kappa shape index (κ2) is 11.1. The number of aromatic nitrogens is 5. The van der Waals surface area contributed by atoms with Crippen molar-refractivity contribution in [2.75, 3.05) is 33.2 Å². The summed E-state index contributed by atoms with van der Waals surface area (Å²) in [6.07, 6.45) is 0.735. The molecule has 2 aliphatic rings. The van der Waals surface area contributed by atoms with Crippen molar-refractivity contribution in [1.82, 2.24) is 45.0 Å². The maximum atomic E-state index is 13.8. The van der Waals surface area contributed by atoms with E-state index in [9.17, 15) is 18.0 Å². The Hall–Kier alpha value is -3.84. The summed E-state index contributed by atoms with van der Waals surface area (Å²) in [5.41, 5.74) is 6.98. The van der Waals surface area contributed by atoms with Gasteiger partial charge in [0.2, 0.25) is 5.91 Å². The number of nitrogens with zero attached hydrogens (tertiary/aromatic N) is 7. The van der Waals surface area contributed by atoms with Crippen molar-refractivity contribution < 1.29 is 18.0 Å². The first kappa shape index (κ1) is 28.3. The number of hydrogen-bond acceptors (Lipinski definition) is 12. The number of likely N-dealkylation sites (N-methyl/N-ethyl adjacent to an activating group) is 1. The van der Waals surface area contributed by atoms with Gasteiger partial charge < -0.3 is 20.9 Å². The minimum atomic E-state index is -4.01. The number of tetrazole rings is 1. The van der Waals surface area contributed by atoms with E-state index in [1.165, 1.54) is 20.5 Å². The molecule has 2 amide bonds. The Morgan fingerprint density at radius 1 is 1.21 bits per heavy atom. The summed E-state index contributed by atoms with van der Waals surface area (Å²) >= 11 is 2.41. The second-order valence-corrected chi connectivity index (χ2v) is 14.4. The van der Waals surface area contributed by atoms with E-state index in [0.29, 0.717) is 17.5 Å². The molecule has 5 N–H and O–H groups in total. The van der Waals surface area contributed by atoms with Gasteiger partial charge in [-0.15, -0.1) is 32.9 Å². The number of carbonyl (C=O) groups is 2. The van der Waals surface area contributed by atoms with Gasteiger partial charge in [-0.3, -0.25) is 15.0 Å². The molecule has 6 rings (SSSR count). The van der Waals surface area contributed by atoms with Crippen LogP contribution in [0.4, 0.5) is 0 Å². The quantitative estimate of drug-likeness (QED) is 0.159. The third-order valence-electron chi connectivity index (χ3n) is 7.22. The number of benzene rings is 1. The highest BCUT2D eigenvalue weighted by Crippen LogP contribution is 2.33. The van der Waals surface area contributed by atoms with Crippen LogP contribution in [0.2, 0.25) is 0 Å². The predicted octanol–water partition coefficient (Wildman–Crippen LogP) is -0.0254. The van der Waals surface area contributed by atoms with E-state index in [0.717, 1.165) is 39.6 Å². The Morgan fingerprint density at radius 3 is 2.81 bits per heavy atom. The van der Waals surface area contributed by atoms with Crippen LogP contribution in [0, 0.1) is 5.41 Å². The number of sulfonamides is 1. The summed E-state index contributed by atoms with van der Waals surface area (Å²) in [4.78, 5) is 36.3. The zero-order valence-electron chi connectivity index (χ0n) is 22.4. The van der Waals surface area contributed by atoms with E-state index in [4.69, 9.17) is 11.1 Å². The normalized spacial score (nSPS) is 18.2. The molecule has 1 aromatic carbocycles. The third kappa shape index (κ3) is 5.38. The summed E-state index contributed by atoms with van der Waals surface area (Å²) < 4.78 is 29.6. The zero-order valence-corrected chi connectivity index (χ0v) is 24.9. The number of piperazine rings is 1. The maximum absolute atomic E-state index is 13.8. The lowest BCUT2D eigenvalue weighted by Crippen LogP contribution is -2.61. The van der Waals surface area contributed by atoms with Gasteiger partial charge in [-0.1, -0.05) is 5.21 Å². The highest BCUT2D eigenvalue weighted by Gasteiger charge is 2.41.